The lowest BCUT2D eigenvalue weighted by Gasteiger charge is -2.05. The quantitative estimate of drug-likeness (QED) is 0.619. The maximum atomic E-state index is 4.04. The van der Waals surface area contributed by atoms with Crippen LogP contribution in [0, 0.1) is 6.92 Å². The Labute approximate surface area is 84.9 Å². The first-order valence-corrected chi connectivity index (χ1v) is 4.76. The summed E-state index contributed by atoms with van der Waals surface area (Å²) in [6.45, 7) is 7.79. The molecule has 0 aliphatic rings. The van der Waals surface area contributed by atoms with Gasteiger partial charge in [0, 0.05) is 0 Å². The number of hydrogen-bond acceptors (Lipinski definition) is 0. The van der Waals surface area contributed by atoms with Gasteiger partial charge in [-0.2, -0.15) is 0 Å². The Morgan fingerprint density at radius 2 is 1.71 bits per heavy atom. The molecule has 0 heterocycles. The lowest BCUT2D eigenvalue weighted by molar-refractivity contribution is 1.26. The second-order valence-corrected chi connectivity index (χ2v) is 3.46. The van der Waals surface area contributed by atoms with E-state index in [-0.39, 0.29) is 0 Å². The van der Waals surface area contributed by atoms with Crippen LogP contribution in [-0.4, -0.2) is 0 Å². The van der Waals surface area contributed by atoms with Crippen LogP contribution in [0.3, 0.4) is 0 Å². The molecule has 0 unspecified atom stereocenters. The van der Waals surface area contributed by atoms with Crippen LogP contribution in [-0.2, 0) is 6.42 Å². The van der Waals surface area contributed by atoms with Gasteiger partial charge in [-0.05, 0) is 35.2 Å². The van der Waals surface area contributed by atoms with Crippen LogP contribution >= 0.6 is 0 Å². The van der Waals surface area contributed by atoms with Gasteiger partial charge in [0.2, 0.25) is 0 Å². The van der Waals surface area contributed by atoms with Gasteiger partial charge >= 0.3 is 0 Å². The normalized spacial score (nSPS) is 10.4. The molecule has 0 aliphatic heterocycles. The van der Waals surface area contributed by atoms with E-state index in [0.29, 0.717) is 0 Å². The summed E-state index contributed by atoms with van der Waals surface area (Å²) in [5.74, 6) is 0. The smallest absolute Gasteiger partial charge is 0.00972 e. The zero-order valence-corrected chi connectivity index (χ0v) is 8.16. The van der Waals surface area contributed by atoms with Crippen molar-refractivity contribution < 1.29 is 0 Å². The van der Waals surface area contributed by atoms with E-state index in [1.54, 1.807) is 0 Å². The van der Waals surface area contributed by atoms with Crippen molar-refractivity contribution in [2.45, 2.75) is 6.42 Å². The Kier molecular flexibility index (Phi) is 2.36. The van der Waals surface area contributed by atoms with Crippen LogP contribution in [0.1, 0.15) is 11.1 Å². The second-order valence-electron chi connectivity index (χ2n) is 3.46. The van der Waals surface area contributed by atoms with E-state index in [1.807, 2.05) is 6.08 Å². The summed E-state index contributed by atoms with van der Waals surface area (Å²) < 4.78 is 0. The van der Waals surface area contributed by atoms with Gasteiger partial charge in [-0.3, -0.25) is 0 Å². The highest BCUT2D eigenvalue weighted by Crippen LogP contribution is 2.19. The van der Waals surface area contributed by atoms with Gasteiger partial charge in [0.05, 0.1) is 0 Å². The van der Waals surface area contributed by atoms with E-state index in [9.17, 15) is 0 Å². The van der Waals surface area contributed by atoms with Crippen LogP contribution in [0.25, 0.3) is 10.8 Å². The van der Waals surface area contributed by atoms with Gasteiger partial charge in [0.1, 0.15) is 0 Å². The summed E-state index contributed by atoms with van der Waals surface area (Å²) in [6, 6.07) is 12.7. The summed E-state index contributed by atoms with van der Waals surface area (Å²) >= 11 is 0. The average Bonchev–Trinajstić information content (AvgIpc) is 2.19. The molecule has 0 spiro atoms. The summed E-state index contributed by atoms with van der Waals surface area (Å²) in [7, 11) is 0. The highest BCUT2D eigenvalue weighted by Gasteiger charge is 1.98. The molecule has 14 heavy (non-hydrogen) atoms. The molecule has 0 nitrogen and oxygen atoms in total. The van der Waals surface area contributed by atoms with Crippen molar-refractivity contribution in [3.8, 4) is 0 Å². The molecule has 0 aromatic heterocycles. The molecule has 0 aliphatic carbocycles. The number of allylic oxidation sites excluding steroid dienone is 1. The zero-order chi connectivity index (χ0) is 9.97. The fraction of sp³-hybridized carbons (Fsp3) is 0.0714. The minimum absolute atomic E-state index is 0.893. The molecule has 2 aromatic carbocycles. The molecular weight excluding hydrogens is 168 g/mol. The molecule has 0 bridgehead atoms. The number of fused-ring (bicyclic) bond motifs is 1. The van der Waals surface area contributed by atoms with E-state index < -0.39 is 0 Å². The van der Waals surface area contributed by atoms with Crippen molar-refractivity contribution in [2.24, 2.45) is 0 Å². The molecule has 2 rings (SSSR count). The van der Waals surface area contributed by atoms with Crippen LogP contribution in [0.2, 0.25) is 0 Å². The molecule has 0 saturated carbocycles. The monoisotopic (exact) mass is 181 g/mol. The van der Waals surface area contributed by atoms with Gasteiger partial charge in [0.15, 0.2) is 0 Å². The molecule has 69 valence electrons. The summed E-state index contributed by atoms with van der Waals surface area (Å²) in [5.41, 5.74) is 2.36. The minimum Gasteiger partial charge on any atom is -0.103 e. The third-order valence-corrected chi connectivity index (χ3v) is 2.43. The number of rotatable bonds is 2. The predicted octanol–water partition coefficient (Wildman–Crippen LogP) is 3.75. The van der Waals surface area contributed by atoms with Crippen molar-refractivity contribution in [1.82, 2.24) is 0 Å². The van der Waals surface area contributed by atoms with Crippen LogP contribution in [0.15, 0.2) is 49.1 Å². The van der Waals surface area contributed by atoms with Crippen LogP contribution < -0.4 is 0 Å². The van der Waals surface area contributed by atoms with Crippen molar-refractivity contribution in [3.05, 3.63) is 67.1 Å². The van der Waals surface area contributed by atoms with Gasteiger partial charge in [-0.15, -0.1) is 6.58 Å². The SMILES string of the molecule is [CH2]c1cc2ccccc2cc1CC=C. The first kappa shape index (κ1) is 9.01. The minimum atomic E-state index is 0.893. The molecular formula is C14H13. The fourth-order valence-electron chi connectivity index (χ4n) is 1.68. The van der Waals surface area contributed by atoms with Crippen molar-refractivity contribution >= 4 is 10.8 Å². The molecule has 0 N–H and O–H groups in total. The van der Waals surface area contributed by atoms with E-state index in [2.05, 4.69) is 49.9 Å². The Balaban J connectivity index is 2.64. The Hall–Kier alpha value is -1.56. The maximum absolute atomic E-state index is 4.04. The largest absolute Gasteiger partial charge is 0.103 e. The van der Waals surface area contributed by atoms with Crippen LogP contribution in [0.5, 0.6) is 0 Å². The first-order chi connectivity index (χ1) is 6.81. The summed E-state index contributed by atoms with van der Waals surface area (Å²) in [6.07, 6.45) is 2.81. The van der Waals surface area contributed by atoms with E-state index in [0.717, 1.165) is 12.0 Å². The zero-order valence-electron chi connectivity index (χ0n) is 8.16. The molecule has 2 aromatic rings. The fourth-order valence-corrected chi connectivity index (χ4v) is 1.68. The second kappa shape index (κ2) is 3.67. The van der Waals surface area contributed by atoms with Gasteiger partial charge in [0.25, 0.3) is 0 Å². The van der Waals surface area contributed by atoms with Gasteiger partial charge in [-0.1, -0.05) is 42.5 Å². The molecule has 0 heteroatoms. The van der Waals surface area contributed by atoms with Gasteiger partial charge < -0.3 is 0 Å². The summed E-state index contributed by atoms with van der Waals surface area (Å²) in [5, 5.41) is 2.53. The highest BCUT2D eigenvalue weighted by molar-refractivity contribution is 5.84. The van der Waals surface area contributed by atoms with Crippen molar-refractivity contribution in [1.29, 1.82) is 0 Å². The standard InChI is InChI=1S/C14H13/c1-3-6-12-10-14-8-5-4-7-13(14)9-11(12)2/h3-5,7-10H,1-2,6H2. The van der Waals surface area contributed by atoms with Crippen LogP contribution in [0.4, 0.5) is 0 Å². The highest BCUT2D eigenvalue weighted by atomic mass is 14.0. The Bertz CT molecular complexity index is 466. The summed E-state index contributed by atoms with van der Waals surface area (Å²) in [4.78, 5) is 0. The molecule has 1 radical (unpaired) electrons. The van der Waals surface area contributed by atoms with E-state index in [1.165, 1.54) is 16.3 Å². The first-order valence-electron chi connectivity index (χ1n) is 4.76. The Morgan fingerprint density at radius 3 is 2.36 bits per heavy atom. The maximum Gasteiger partial charge on any atom is -0.00972 e. The molecule has 0 atom stereocenters. The van der Waals surface area contributed by atoms with E-state index in [4.69, 9.17) is 0 Å². The average molecular weight is 181 g/mol. The lowest BCUT2D eigenvalue weighted by Crippen LogP contribution is -1.87. The van der Waals surface area contributed by atoms with Crippen molar-refractivity contribution in [3.63, 3.8) is 0 Å². The van der Waals surface area contributed by atoms with Gasteiger partial charge in [-0.25, -0.2) is 0 Å². The third-order valence-electron chi connectivity index (χ3n) is 2.43. The third kappa shape index (κ3) is 1.56. The molecule has 0 saturated heterocycles. The Morgan fingerprint density at radius 1 is 1.07 bits per heavy atom. The molecule has 0 fully saturated rings. The van der Waals surface area contributed by atoms with Crippen molar-refractivity contribution in [2.75, 3.05) is 0 Å². The number of hydrogen-bond donors (Lipinski definition) is 0. The van der Waals surface area contributed by atoms with E-state index >= 15 is 0 Å². The predicted molar refractivity (Wildman–Crippen MR) is 62.3 cm³/mol. The number of benzene rings is 2. The topological polar surface area (TPSA) is 0 Å². The molecule has 0 amide bonds. The lowest BCUT2D eigenvalue weighted by atomic mass is 10.00.